The van der Waals surface area contributed by atoms with Crippen LogP contribution in [0.2, 0.25) is 0 Å². The summed E-state index contributed by atoms with van der Waals surface area (Å²) in [5, 5.41) is 3.42. The Morgan fingerprint density at radius 3 is 2.76 bits per heavy atom. The number of aromatic nitrogens is 2. The summed E-state index contributed by atoms with van der Waals surface area (Å²) in [6.45, 7) is 5.43. The van der Waals surface area contributed by atoms with Gasteiger partial charge in [0.1, 0.15) is 5.75 Å². The molecule has 29 heavy (non-hydrogen) atoms. The molecule has 1 N–H and O–H groups in total. The van der Waals surface area contributed by atoms with E-state index in [1.165, 1.54) is 11.1 Å². The standard InChI is InChI=1S/C23H26N4O2/c1-16-6-4-5-7-18(16)13-24-20-10-11-27(23(20)28)19-8-9-21(22(12-19)29-3)26-14-17(2)25-15-26/h4-9,12,14-15,20,24H,10-11,13H2,1-3H3. The molecule has 1 saturated heterocycles. The largest absolute Gasteiger partial charge is 0.494 e. The Kier molecular flexibility index (Phi) is 5.36. The van der Waals surface area contributed by atoms with E-state index in [-0.39, 0.29) is 11.9 Å². The van der Waals surface area contributed by atoms with Gasteiger partial charge in [-0.1, -0.05) is 24.3 Å². The Morgan fingerprint density at radius 1 is 1.21 bits per heavy atom. The number of carbonyl (C=O) groups excluding carboxylic acids is 1. The van der Waals surface area contributed by atoms with E-state index in [1.807, 2.05) is 52.9 Å². The Morgan fingerprint density at radius 2 is 2.03 bits per heavy atom. The summed E-state index contributed by atoms with van der Waals surface area (Å²) < 4.78 is 7.51. The number of aryl methyl sites for hydroxylation is 2. The molecular formula is C23H26N4O2. The summed E-state index contributed by atoms with van der Waals surface area (Å²) in [4.78, 5) is 19.1. The van der Waals surface area contributed by atoms with Crippen LogP contribution >= 0.6 is 0 Å². The number of anilines is 1. The molecule has 2 heterocycles. The predicted octanol–water partition coefficient (Wildman–Crippen LogP) is 3.39. The first-order chi connectivity index (χ1) is 14.1. The SMILES string of the molecule is COc1cc(N2CCC(NCc3ccccc3C)C2=O)ccc1-n1cnc(C)c1. The number of rotatable bonds is 6. The molecule has 1 aliphatic heterocycles. The van der Waals surface area contributed by atoms with E-state index in [4.69, 9.17) is 4.74 Å². The molecule has 3 aromatic rings. The summed E-state index contributed by atoms with van der Waals surface area (Å²) in [6, 6.07) is 13.9. The number of benzene rings is 2. The fourth-order valence-electron chi connectivity index (χ4n) is 3.77. The molecule has 1 atom stereocenters. The van der Waals surface area contributed by atoms with Crippen LogP contribution in [-0.4, -0.2) is 35.2 Å². The van der Waals surface area contributed by atoms with Gasteiger partial charge in [-0.3, -0.25) is 4.79 Å². The van der Waals surface area contributed by atoms with Crippen molar-refractivity contribution in [3.63, 3.8) is 0 Å². The molecule has 0 aliphatic carbocycles. The fourth-order valence-corrected chi connectivity index (χ4v) is 3.77. The molecule has 0 spiro atoms. The van der Waals surface area contributed by atoms with Crippen molar-refractivity contribution < 1.29 is 9.53 Å². The summed E-state index contributed by atoms with van der Waals surface area (Å²) in [5.74, 6) is 0.816. The maximum atomic E-state index is 13.0. The second-order valence-corrected chi connectivity index (χ2v) is 7.42. The van der Waals surface area contributed by atoms with Gasteiger partial charge in [0.05, 0.1) is 30.9 Å². The minimum atomic E-state index is -0.170. The van der Waals surface area contributed by atoms with Crippen molar-refractivity contribution in [1.29, 1.82) is 0 Å². The molecule has 150 valence electrons. The second-order valence-electron chi connectivity index (χ2n) is 7.42. The van der Waals surface area contributed by atoms with Crippen LogP contribution in [-0.2, 0) is 11.3 Å². The molecule has 1 unspecified atom stereocenters. The Bertz CT molecular complexity index is 1030. The van der Waals surface area contributed by atoms with Gasteiger partial charge >= 0.3 is 0 Å². The van der Waals surface area contributed by atoms with Crippen molar-refractivity contribution in [2.24, 2.45) is 0 Å². The quantitative estimate of drug-likeness (QED) is 0.701. The third-order valence-electron chi connectivity index (χ3n) is 5.47. The van der Waals surface area contributed by atoms with Gasteiger partial charge in [-0.25, -0.2) is 4.98 Å². The maximum absolute atomic E-state index is 13.0. The van der Waals surface area contributed by atoms with Crippen molar-refractivity contribution in [3.05, 3.63) is 71.8 Å². The van der Waals surface area contributed by atoms with Crippen LogP contribution in [0.25, 0.3) is 5.69 Å². The van der Waals surface area contributed by atoms with Gasteiger partial charge in [0.2, 0.25) is 5.91 Å². The first-order valence-electron chi connectivity index (χ1n) is 9.85. The number of methoxy groups -OCH3 is 1. The van der Waals surface area contributed by atoms with Crippen LogP contribution in [0.5, 0.6) is 5.75 Å². The van der Waals surface area contributed by atoms with E-state index in [1.54, 1.807) is 13.4 Å². The van der Waals surface area contributed by atoms with Crippen LogP contribution in [0.3, 0.4) is 0 Å². The van der Waals surface area contributed by atoms with Crippen LogP contribution in [0, 0.1) is 13.8 Å². The van der Waals surface area contributed by atoms with Crippen molar-refractivity contribution in [2.75, 3.05) is 18.6 Å². The number of nitrogens with zero attached hydrogens (tertiary/aromatic N) is 3. The molecular weight excluding hydrogens is 364 g/mol. The van der Waals surface area contributed by atoms with Crippen LogP contribution in [0.15, 0.2) is 55.0 Å². The van der Waals surface area contributed by atoms with Crippen LogP contribution in [0.1, 0.15) is 23.2 Å². The van der Waals surface area contributed by atoms with Crippen molar-refractivity contribution in [2.45, 2.75) is 32.9 Å². The zero-order valence-corrected chi connectivity index (χ0v) is 17.1. The first-order valence-corrected chi connectivity index (χ1v) is 9.85. The van der Waals surface area contributed by atoms with E-state index in [0.717, 1.165) is 23.5 Å². The third-order valence-corrected chi connectivity index (χ3v) is 5.47. The normalized spacial score (nSPS) is 16.4. The van der Waals surface area contributed by atoms with Gasteiger partial charge in [-0.05, 0) is 43.5 Å². The summed E-state index contributed by atoms with van der Waals surface area (Å²) in [7, 11) is 1.64. The number of carbonyl (C=O) groups is 1. The number of nitrogens with one attached hydrogen (secondary N) is 1. The molecule has 0 bridgehead atoms. The lowest BCUT2D eigenvalue weighted by Gasteiger charge is -2.19. The number of hydrogen-bond donors (Lipinski definition) is 1. The zero-order valence-electron chi connectivity index (χ0n) is 17.1. The predicted molar refractivity (Wildman–Crippen MR) is 114 cm³/mol. The Hall–Kier alpha value is -3.12. The molecule has 6 nitrogen and oxygen atoms in total. The number of ether oxygens (including phenoxy) is 1. The topological polar surface area (TPSA) is 59.4 Å². The first kappa shape index (κ1) is 19.2. The monoisotopic (exact) mass is 390 g/mol. The molecule has 2 aromatic carbocycles. The lowest BCUT2D eigenvalue weighted by molar-refractivity contribution is -0.118. The average molecular weight is 390 g/mol. The highest BCUT2D eigenvalue weighted by atomic mass is 16.5. The molecule has 4 rings (SSSR count). The van der Waals surface area contributed by atoms with Gasteiger partial charge in [-0.15, -0.1) is 0 Å². The van der Waals surface area contributed by atoms with Crippen molar-refractivity contribution >= 4 is 11.6 Å². The third kappa shape index (κ3) is 3.89. The Balaban J connectivity index is 1.49. The van der Waals surface area contributed by atoms with Gasteiger partial charge in [0.25, 0.3) is 0 Å². The summed E-state index contributed by atoms with van der Waals surface area (Å²) >= 11 is 0. The van der Waals surface area contributed by atoms with Crippen molar-refractivity contribution in [3.8, 4) is 11.4 Å². The summed E-state index contributed by atoms with van der Waals surface area (Å²) in [6.07, 6.45) is 4.50. The molecule has 6 heteroatoms. The number of amides is 1. The lowest BCUT2D eigenvalue weighted by atomic mass is 10.1. The van der Waals surface area contributed by atoms with E-state index in [9.17, 15) is 4.79 Å². The van der Waals surface area contributed by atoms with E-state index in [0.29, 0.717) is 18.8 Å². The van der Waals surface area contributed by atoms with Crippen LogP contribution < -0.4 is 15.0 Å². The lowest BCUT2D eigenvalue weighted by Crippen LogP contribution is -2.38. The average Bonchev–Trinajstić information content (AvgIpc) is 3.32. The Labute approximate surface area is 171 Å². The molecule has 1 amide bonds. The molecule has 1 fully saturated rings. The van der Waals surface area contributed by atoms with Crippen molar-refractivity contribution in [1.82, 2.24) is 14.9 Å². The summed E-state index contributed by atoms with van der Waals surface area (Å²) in [5.41, 5.74) is 5.15. The zero-order chi connectivity index (χ0) is 20.4. The smallest absolute Gasteiger partial charge is 0.244 e. The molecule has 1 aliphatic rings. The molecule has 0 saturated carbocycles. The van der Waals surface area contributed by atoms with E-state index < -0.39 is 0 Å². The number of imidazole rings is 1. The number of hydrogen-bond acceptors (Lipinski definition) is 4. The highest BCUT2D eigenvalue weighted by Crippen LogP contribution is 2.31. The minimum absolute atomic E-state index is 0.104. The van der Waals surface area contributed by atoms with Gasteiger partial charge < -0.3 is 19.5 Å². The van der Waals surface area contributed by atoms with Gasteiger partial charge in [0.15, 0.2) is 0 Å². The van der Waals surface area contributed by atoms with Crippen LogP contribution in [0.4, 0.5) is 5.69 Å². The minimum Gasteiger partial charge on any atom is -0.494 e. The molecule has 0 radical (unpaired) electrons. The van der Waals surface area contributed by atoms with E-state index in [2.05, 4.69) is 29.4 Å². The highest BCUT2D eigenvalue weighted by molar-refractivity contribution is 5.99. The fraction of sp³-hybridized carbons (Fsp3) is 0.304. The second kappa shape index (κ2) is 8.09. The molecule has 1 aromatic heterocycles. The highest BCUT2D eigenvalue weighted by Gasteiger charge is 2.32. The van der Waals surface area contributed by atoms with Gasteiger partial charge in [0, 0.05) is 31.0 Å². The van der Waals surface area contributed by atoms with Gasteiger partial charge in [-0.2, -0.15) is 0 Å². The van der Waals surface area contributed by atoms with E-state index >= 15 is 0 Å². The maximum Gasteiger partial charge on any atom is 0.244 e.